The molecule has 0 radical (unpaired) electrons. The van der Waals surface area contributed by atoms with E-state index < -0.39 is 0 Å². The predicted octanol–water partition coefficient (Wildman–Crippen LogP) is 3.80. The van der Waals surface area contributed by atoms with Gasteiger partial charge in [0.25, 0.3) is 0 Å². The van der Waals surface area contributed by atoms with Gasteiger partial charge in [0.05, 0.1) is 5.92 Å². The first-order chi connectivity index (χ1) is 8.25. The second-order valence-electron chi connectivity index (χ2n) is 4.57. The van der Waals surface area contributed by atoms with E-state index in [1.165, 1.54) is 6.07 Å². The van der Waals surface area contributed by atoms with Gasteiger partial charge in [-0.1, -0.05) is 18.6 Å². The van der Waals surface area contributed by atoms with Crippen molar-refractivity contribution in [1.29, 1.82) is 0 Å². The molecule has 2 aromatic rings. The van der Waals surface area contributed by atoms with E-state index in [0.717, 1.165) is 24.6 Å². The number of para-hydroxylation sites is 1. The summed E-state index contributed by atoms with van der Waals surface area (Å²) in [7, 11) is 0. The Bertz CT molecular complexity index is 571. The summed E-state index contributed by atoms with van der Waals surface area (Å²) in [4.78, 5) is 11.8. The van der Waals surface area contributed by atoms with Gasteiger partial charge in [-0.25, -0.2) is 4.39 Å². The lowest BCUT2D eigenvalue weighted by Gasteiger charge is -2.17. The van der Waals surface area contributed by atoms with Crippen LogP contribution in [0.1, 0.15) is 37.4 Å². The highest BCUT2D eigenvalue weighted by Gasteiger charge is 2.27. The number of halogens is 1. The zero-order valence-corrected chi connectivity index (χ0v) is 9.41. The fraction of sp³-hybridized carbons (Fsp3) is 0.357. The molecule has 0 saturated heterocycles. The third kappa shape index (κ3) is 1.75. The molecular weight excluding hydrogens is 219 g/mol. The third-order valence-corrected chi connectivity index (χ3v) is 3.41. The summed E-state index contributed by atoms with van der Waals surface area (Å²) in [6.07, 6.45) is 3.43. The van der Waals surface area contributed by atoms with Gasteiger partial charge < -0.3 is 4.42 Å². The minimum atomic E-state index is -0.364. The van der Waals surface area contributed by atoms with E-state index in [0.29, 0.717) is 12.2 Å². The molecule has 1 aromatic heterocycles. The van der Waals surface area contributed by atoms with Crippen LogP contribution in [0.3, 0.4) is 0 Å². The molecular formula is C14H13FO2. The van der Waals surface area contributed by atoms with Gasteiger partial charge >= 0.3 is 0 Å². The molecule has 3 rings (SSSR count). The van der Waals surface area contributed by atoms with Crippen molar-refractivity contribution in [2.24, 2.45) is 0 Å². The molecule has 1 aliphatic rings. The van der Waals surface area contributed by atoms with Crippen LogP contribution in [0.5, 0.6) is 0 Å². The molecule has 1 aliphatic carbocycles. The molecule has 3 heteroatoms. The van der Waals surface area contributed by atoms with Crippen molar-refractivity contribution in [1.82, 2.24) is 0 Å². The van der Waals surface area contributed by atoms with E-state index in [1.54, 1.807) is 18.2 Å². The van der Waals surface area contributed by atoms with E-state index in [4.69, 9.17) is 4.42 Å². The SMILES string of the molecule is O=C1CCCCC1c1cc2cccc(F)c2o1. The highest BCUT2D eigenvalue weighted by Crippen LogP contribution is 2.34. The Hall–Kier alpha value is -1.64. The Morgan fingerprint density at radius 2 is 2.18 bits per heavy atom. The molecule has 0 N–H and O–H groups in total. The van der Waals surface area contributed by atoms with Crippen LogP contribution in [0, 0.1) is 5.82 Å². The van der Waals surface area contributed by atoms with Crippen molar-refractivity contribution < 1.29 is 13.6 Å². The van der Waals surface area contributed by atoms with Gasteiger partial charge in [0, 0.05) is 11.8 Å². The topological polar surface area (TPSA) is 30.2 Å². The summed E-state index contributed by atoms with van der Waals surface area (Å²) in [6, 6.07) is 6.63. The smallest absolute Gasteiger partial charge is 0.169 e. The van der Waals surface area contributed by atoms with Crippen LogP contribution >= 0.6 is 0 Å². The second kappa shape index (κ2) is 3.99. The molecule has 2 nitrogen and oxygen atoms in total. The minimum Gasteiger partial charge on any atom is -0.457 e. The summed E-state index contributed by atoms with van der Waals surface area (Å²) in [5.74, 6) is 0.304. The molecule has 1 heterocycles. The first-order valence-corrected chi connectivity index (χ1v) is 5.96. The highest BCUT2D eigenvalue weighted by atomic mass is 19.1. The van der Waals surface area contributed by atoms with Crippen LogP contribution in [0.2, 0.25) is 0 Å². The molecule has 1 saturated carbocycles. The lowest BCUT2D eigenvalue weighted by atomic mass is 9.86. The summed E-state index contributed by atoms with van der Waals surface area (Å²) in [6.45, 7) is 0. The zero-order valence-electron chi connectivity index (χ0n) is 9.41. The van der Waals surface area contributed by atoms with Gasteiger partial charge in [0.1, 0.15) is 11.5 Å². The number of rotatable bonds is 1. The number of carbonyl (C=O) groups is 1. The Kier molecular flexibility index (Phi) is 2.46. The van der Waals surface area contributed by atoms with Crippen LogP contribution in [-0.2, 0) is 4.79 Å². The van der Waals surface area contributed by atoms with Crippen molar-refractivity contribution in [2.45, 2.75) is 31.6 Å². The zero-order chi connectivity index (χ0) is 11.8. The molecule has 1 aromatic carbocycles. The number of furan rings is 1. The van der Waals surface area contributed by atoms with Crippen LogP contribution in [0.4, 0.5) is 4.39 Å². The number of benzene rings is 1. The summed E-state index contributed by atoms with van der Waals surface area (Å²) < 4.78 is 19.0. The van der Waals surface area contributed by atoms with Gasteiger partial charge in [0.2, 0.25) is 0 Å². The summed E-state index contributed by atoms with van der Waals surface area (Å²) >= 11 is 0. The fourth-order valence-corrected chi connectivity index (χ4v) is 2.50. The van der Waals surface area contributed by atoms with Gasteiger partial charge in [-0.05, 0) is 25.0 Å². The maximum atomic E-state index is 13.5. The van der Waals surface area contributed by atoms with Crippen LogP contribution in [0.15, 0.2) is 28.7 Å². The highest BCUT2D eigenvalue weighted by molar-refractivity contribution is 5.87. The molecule has 88 valence electrons. The Labute approximate surface area is 98.4 Å². The van der Waals surface area contributed by atoms with Gasteiger partial charge in [-0.2, -0.15) is 0 Å². The van der Waals surface area contributed by atoms with Crippen molar-refractivity contribution >= 4 is 16.8 Å². The van der Waals surface area contributed by atoms with E-state index >= 15 is 0 Å². The monoisotopic (exact) mass is 232 g/mol. The number of hydrogen-bond donors (Lipinski definition) is 0. The lowest BCUT2D eigenvalue weighted by Crippen LogP contribution is -2.16. The maximum Gasteiger partial charge on any atom is 0.169 e. The lowest BCUT2D eigenvalue weighted by molar-refractivity contribution is -0.122. The largest absolute Gasteiger partial charge is 0.457 e. The van der Waals surface area contributed by atoms with Gasteiger partial charge in [-0.15, -0.1) is 0 Å². The molecule has 1 unspecified atom stereocenters. The Morgan fingerprint density at radius 3 is 2.94 bits per heavy atom. The summed E-state index contributed by atoms with van der Waals surface area (Å²) in [5, 5.41) is 0.735. The van der Waals surface area contributed by atoms with Crippen LogP contribution < -0.4 is 0 Å². The first-order valence-electron chi connectivity index (χ1n) is 5.96. The van der Waals surface area contributed by atoms with Gasteiger partial charge in [0.15, 0.2) is 11.4 Å². The van der Waals surface area contributed by atoms with Crippen molar-refractivity contribution in [3.63, 3.8) is 0 Å². The first kappa shape index (κ1) is 10.5. The molecule has 0 bridgehead atoms. The van der Waals surface area contributed by atoms with E-state index in [-0.39, 0.29) is 23.1 Å². The molecule has 17 heavy (non-hydrogen) atoms. The standard InChI is InChI=1S/C14H13FO2/c15-11-6-3-4-9-8-13(17-14(9)11)10-5-1-2-7-12(10)16/h3-4,6,8,10H,1-2,5,7H2. The average molecular weight is 232 g/mol. The minimum absolute atomic E-state index is 0.171. The predicted molar refractivity (Wildman–Crippen MR) is 62.4 cm³/mol. The Morgan fingerprint density at radius 1 is 1.29 bits per heavy atom. The molecule has 0 spiro atoms. The van der Waals surface area contributed by atoms with E-state index in [9.17, 15) is 9.18 Å². The maximum absolute atomic E-state index is 13.5. The molecule has 0 aliphatic heterocycles. The van der Waals surface area contributed by atoms with Crippen LogP contribution in [-0.4, -0.2) is 5.78 Å². The number of Topliss-reactive ketones (excluding diaryl/α,β-unsaturated/α-hetero) is 1. The average Bonchev–Trinajstić information content (AvgIpc) is 2.75. The number of hydrogen-bond acceptors (Lipinski definition) is 2. The number of carbonyl (C=O) groups excluding carboxylic acids is 1. The number of fused-ring (bicyclic) bond motifs is 1. The second-order valence-corrected chi connectivity index (χ2v) is 4.57. The van der Waals surface area contributed by atoms with Gasteiger partial charge in [-0.3, -0.25) is 4.79 Å². The Balaban J connectivity index is 2.05. The molecule has 0 amide bonds. The van der Waals surface area contributed by atoms with Crippen LogP contribution in [0.25, 0.3) is 11.0 Å². The number of ketones is 1. The van der Waals surface area contributed by atoms with Crippen molar-refractivity contribution in [3.8, 4) is 0 Å². The van der Waals surface area contributed by atoms with Crippen molar-refractivity contribution in [2.75, 3.05) is 0 Å². The molecule has 1 atom stereocenters. The molecule has 1 fully saturated rings. The van der Waals surface area contributed by atoms with E-state index in [1.807, 2.05) is 0 Å². The fourth-order valence-electron chi connectivity index (χ4n) is 2.50. The summed E-state index contributed by atoms with van der Waals surface area (Å²) in [5.41, 5.74) is 0.265. The quantitative estimate of drug-likeness (QED) is 0.748. The normalized spacial score (nSPS) is 21.0. The third-order valence-electron chi connectivity index (χ3n) is 3.41. The van der Waals surface area contributed by atoms with E-state index in [2.05, 4.69) is 0 Å². The van der Waals surface area contributed by atoms with Crippen molar-refractivity contribution in [3.05, 3.63) is 35.8 Å².